The lowest BCUT2D eigenvalue weighted by molar-refractivity contribution is 0.292. The number of nitrogens with one attached hydrogen (secondary N) is 1. The van der Waals surface area contributed by atoms with Gasteiger partial charge in [-0.05, 0) is 56.3 Å². The summed E-state index contributed by atoms with van der Waals surface area (Å²) in [6.45, 7) is 6.24. The van der Waals surface area contributed by atoms with Crippen LogP contribution in [0.1, 0.15) is 12.8 Å². The number of hydrogen-bond donors (Lipinski definition) is 1. The summed E-state index contributed by atoms with van der Waals surface area (Å²) in [5.74, 6) is 0. The van der Waals surface area contributed by atoms with Crippen LogP contribution in [0.25, 0.3) is 10.2 Å². The van der Waals surface area contributed by atoms with Crippen molar-refractivity contribution >= 4 is 56.1 Å². The van der Waals surface area contributed by atoms with E-state index in [1.54, 1.807) is 11.3 Å². The van der Waals surface area contributed by atoms with Gasteiger partial charge in [0.25, 0.3) is 0 Å². The maximum absolute atomic E-state index is 6.41. The van der Waals surface area contributed by atoms with Gasteiger partial charge >= 0.3 is 0 Å². The third kappa shape index (κ3) is 4.71. The maximum atomic E-state index is 6.41. The molecule has 0 radical (unpaired) electrons. The maximum Gasteiger partial charge on any atom is 0.0832 e. The lowest BCUT2D eigenvalue weighted by Crippen LogP contribution is -2.32. The van der Waals surface area contributed by atoms with E-state index < -0.39 is 0 Å². The van der Waals surface area contributed by atoms with Gasteiger partial charge in [0.15, 0.2) is 0 Å². The first kappa shape index (κ1) is 19.8. The van der Waals surface area contributed by atoms with Crippen molar-refractivity contribution in [1.82, 2.24) is 9.88 Å². The predicted octanol–water partition coefficient (Wildman–Crippen LogP) is 5.62. The summed E-state index contributed by atoms with van der Waals surface area (Å²) < 4.78 is 1.24. The molecule has 1 saturated heterocycles. The first-order valence-corrected chi connectivity index (χ1v) is 11.3. The molecule has 1 N–H and O–H groups in total. The van der Waals surface area contributed by atoms with Crippen LogP contribution >= 0.6 is 34.5 Å². The molecule has 0 amide bonds. The van der Waals surface area contributed by atoms with Gasteiger partial charge in [-0.15, -0.1) is 11.3 Å². The average Bonchev–Trinajstić information content (AvgIpc) is 3.05. The van der Waals surface area contributed by atoms with Crippen LogP contribution in [0.5, 0.6) is 0 Å². The molecular formula is C21H24Cl2N4S. The van der Waals surface area contributed by atoms with E-state index in [1.165, 1.54) is 4.70 Å². The number of nitrogens with zero attached hydrogens (tertiary/aromatic N) is 3. The Balaban J connectivity index is 1.24. The largest absolute Gasteiger partial charge is 0.385 e. The van der Waals surface area contributed by atoms with Gasteiger partial charge < -0.3 is 15.1 Å². The molecular weight excluding hydrogens is 411 g/mol. The molecule has 4 nitrogen and oxygen atoms in total. The number of fused-ring (bicyclic) bond motifs is 1. The van der Waals surface area contributed by atoms with Crippen molar-refractivity contribution in [3.63, 3.8) is 0 Å². The summed E-state index contributed by atoms with van der Waals surface area (Å²) in [6.07, 6.45) is 2.25. The van der Waals surface area contributed by atoms with Crippen LogP contribution in [0.3, 0.4) is 0 Å². The van der Waals surface area contributed by atoms with Crippen LogP contribution in [0.4, 0.5) is 11.4 Å². The van der Waals surface area contributed by atoms with Crippen molar-refractivity contribution in [3.8, 4) is 0 Å². The normalized spacial score (nSPS) is 15.7. The van der Waals surface area contributed by atoms with Crippen LogP contribution in [-0.2, 0) is 0 Å². The van der Waals surface area contributed by atoms with Crippen LogP contribution in [-0.4, -0.2) is 49.2 Å². The number of thiazole rings is 1. The number of aromatic nitrogens is 1. The van der Waals surface area contributed by atoms with Crippen LogP contribution < -0.4 is 10.2 Å². The van der Waals surface area contributed by atoms with Gasteiger partial charge in [0, 0.05) is 31.9 Å². The third-order valence-electron chi connectivity index (χ3n) is 5.17. The van der Waals surface area contributed by atoms with E-state index in [4.69, 9.17) is 23.2 Å². The van der Waals surface area contributed by atoms with Gasteiger partial charge in [-0.25, -0.2) is 4.98 Å². The van der Waals surface area contributed by atoms with E-state index in [2.05, 4.69) is 44.4 Å². The van der Waals surface area contributed by atoms with Crippen molar-refractivity contribution in [2.45, 2.75) is 12.8 Å². The minimum atomic E-state index is 0.627. The molecule has 1 fully saturated rings. The SMILES string of the molecule is Clc1cccc(N2CCCN(CCCNc3ccc4scnc4c3)CC2)c1Cl. The molecule has 0 bridgehead atoms. The van der Waals surface area contributed by atoms with Crippen LogP contribution in [0.15, 0.2) is 41.9 Å². The lowest BCUT2D eigenvalue weighted by atomic mass is 10.2. The van der Waals surface area contributed by atoms with Gasteiger partial charge in [-0.1, -0.05) is 29.3 Å². The minimum absolute atomic E-state index is 0.627. The Morgan fingerprint density at radius 2 is 2.00 bits per heavy atom. The smallest absolute Gasteiger partial charge is 0.0832 e. The topological polar surface area (TPSA) is 31.4 Å². The highest BCUT2D eigenvalue weighted by molar-refractivity contribution is 7.16. The molecule has 0 unspecified atom stereocenters. The number of halogens is 2. The van der Waals surface area contributed by atoms with E-state index in [0.717, 1.165) is 69.0 Å². The summed E-state index contributed by atoms with van der Waals surface area (Å²) in [5, 5.41) is 4.82. The highest BCUT2D eigenvalue weighted by Crippen LogP contribution is 2.32. The Hall–Kier alpha value is -1.53. The molecule has 0 spiro atoms. The third-order valence-corrected chi connectivity index (χ3v) is 6.79. The van der Waals surface area contributed by atoms with Gasteiger partial charge in [0.2, 0.25) is 0 Å². The molecule has 28 heavy (non-hydrogen) atoms. The monoisotopic (exact) mass is 434 g/mol. The molecule has 1 aliphatic rings. The van der Waals surface area contributed by atoms with Crippen molar-refractivity contribution < 1.29 is 0 Å². The number of rotatable bonds is 6. The second-order valence-corrected chi connectivity index (χ2v) is 8.74. The van der Waals surface area contributed by atoms with Gasteiger partial charge in [0.05, 0.1) is 31.5 Å². The minimum Gasteiger partial charge on any atom is -0.385 e. The molecule has 2 heterocycles. The fourth-order valence-corrected chi connectivity index (χ4v) is 4.75. The Kier molecular flexibility index (Phi) is 6.58. The average molecular weight is 435 g/mol. The van der Waals surface area contributed by atoms with E-state index in [0.29, 0.717) is 10.0 Å². The summed E-state index contributed by atoms with van der Waals surface area (Å²) in [5.41, 5.74) is 5.17. The number of benzene rings is 2. The summed E-state index contributed by atoms with van der Waals surface area (Å²) in [7, 11) is 0. The Bertz CT molecular complexity index is 930. The van der Waals surface area contributed by atoms with Gasteiger partial charge in [-0.3, -0.25) is 0 Å². The summed E-state index contributed by atoms with van der Waals surface area (Å²) >= 11 is 14.3. The zero-order valence-electron chi connectivity index (χ0n) is 15.7. The molecule has 148 valence electrons. The quantitative estimate of drug-likeness (QED) is 0.510. The molecule has 2 aromatic carbocycles. The fraction of sp³-hybridized carbons (Fsp3) is 0.381. The molecule has 3 aromatic rings. The molecule has 1 aliphatic heterocycles. The molecule has 0 aliphatic carbocycles. The number of anilines is 2. The second-order valence-electron chi connectivity index (χ2n) is 7.07. The molecule has 0 atom stereocenters. The Morgan fingerprint density at radius 1 is 1.07 bits per heavy atom. The van der Waals surface area contributed by atoms with Crippen molar-refractivity contribution in [3.05, 3.63) is 52.0 Å². The first-order valence-electron chi connectivity index (χ1n) is 9.69. The van der Waals surface area contributed by atoms with E-state index >= 15 is 0 Å². The lowest BCUT2D eigenvalue weighted by Gasteiger charge is -2.25. The van der Waals surface area contributed by atoms with Gasteiger partial charge in [-0.2, -0.15) is 0 Å². The summed E-state index contributed by atoms with van der Waals surface area (Å²) in [4.78, 5) is 9.29. The fourth-order valence-electron chi connectivity index (χ4n) is 3.68. The zero-order valence-corrected chi connectivity index (χ0v) is 18.0. The highest BCUT2D eigenvalue weighted by atomic mass is 35.5. The Labute approximate surface area is 180 Å². The van der Waals surface area contributed by atoms with Crippen molar-refractivity contribution in [1.29, 1.82) is 0 Å². The van der Waals surface area contributed by atoms with Crippen LogP contribution in [0.2, 0.25) is 10.0 Å². The van der Waals surface area contributed by atoms with Crippen molar-refractivity contribution in [2.24, 2.45) is 0 Å². The second kappa shape index (κ2) is 9.31. The Morgan fingerprint density at radius 3 is 2.93 bits per heavy atom. The van der Waals surface area contributed by atoms with E-state index in [-0.39, 0.29) is 0 Å². The van der Waals surface area contributed by atoms with E-state index in [9.17, 15) is 0 Å². The standard InChI is InChI=1S/C21H24Cl2N4S/c22-17-4-1-5-19(21(17)23)27-11-3-10-26(12-13-27)9-2-8-24-16-6-7-20-18(14-16)25-15-28-20/h1,4-7,14-15,24H,2-3,8-13H2. The zero-order chi connectivity index (χ0) is 19.3. The first-order chi connectivity index (χ1) is 13.7. The molecule has 7 heteroatoms. The predicted molar refractivity (Wildman–Crippen MR) is 122 cm³/mol. The molecule has 4 rings (SSSR count). The van der Waals surface area contributed by atoms with E-state index in [1.807, 2.05) is 17.6 Å². The van der Waals surface area contributed by atoms with Crippen LogP contribution in [0, 0.1) is 0 Å². The highest BCUT2D eigenvalue weighted by Gasteiger charge is 2.17. The summed E-state index contributed by atoms with van der Waals surface area (Å²) in [6, 6.07) is 12.3. The van der Waals surface area contributed by atoms with Gasteiger partial charge in [0.1, 0.15) is 0 Å². The molecule has 0 saturated carbocycles. The molecule has 1 aromatic heterocycles. The number of hydrogen-bond acceptors (Lipinski definition) is 5. The van der Waals surface area contributed by atoms with Crippen molar-refractivity contribution in [2.75, 3.05) is 49.5 Å².